The number of fused-ring (bicyclic) bond motifs is 2. The van der Waals surface area contributed by atoms with Gasteiger partial charge in [-0.3, -0.25) is 14.5 Å². The average Bonchev–Trinajstić information content (AvgIpc) is 2.68. The lowest BCUT2D eigenvalue weighted by molar-refractivity contribution is -0.117. The Balaban J connectivity index is 1.53. The number of nitrogens with one attached hydrogen (secondary N) is 2. The molecule has 3 aromatic rings. The normalized spacial score (nSPS) is 14.1. The highest BCUT2D eigenvalue weighted by atomic mass is 35.5. The molecular formula is C20H15ClF3N3O2. The van der Waals surface area contributed by atoms with E-state index in [4.69, 9.17) is 11.6 Å². The third-order valence-electron chi connectivity index (χ3n) is 4.88. The largest absolute Gasteiger partial charge is 0.355 e. The van der Waals surface area contributed by atoms with Gasteiger partial charge >= 0.3 is 0 Å². The van der Waals surface area contributed by atoms with Crippen LogP contribution in [-0.4, -0.2) is 28.9 Å². The predicted molar refractivity (Wildman–Crippen MR) is 104 cm³/mol. The van der Waals surface area contributed by atoms with Crippen molar-refractivity contribution in [2.45, 2.75) is 13.0 Å². The average molecular weight is 422 g/mol. The molecule has 2 N–H and O–H groups in total. The molecule has 1 amide bonds. The molecular weight excluding hydrogens is 407 g/mol. The van der Waals surface area contributed by atoms with Gasteiger partial charge in [-0.25, -0.2) is 13.2 Å². The second-order valence-corrected chi connectivity index (χ2v) is 7.24. The van der Waals surface area contributed by atoms with Gasteiger partial charge in [0.05, 0.1) is 17.1 Å². The Morgan fingerprint density at radius 1 is 1.17 bits per heavy atom. The molecule has 1 aliphatic heterocycles. The van der Waals surface area contributed by atoms with Crippen molar-refractivity contribution < 1.29 is 18.0 Å². The van der Waals surface area contributed by atoms with Crippen molar-refractivity contribution in [1.29, 1.82) is 0 Å². The van der Waals surface area contributed by atoms with Crippen LogP contribution in [0.5, 0.6) is 0 Å². The van der Waals surface area contributed by atoms with Crippen molar-refractivity contribution in [2.24, 2.45) is 0 Å². The molecule has 2 heterocycles. The van der Waals surface area contributed by atoms with E-state index in [1.165, 1.54) is 18.2 Å². The van der Waals surface area contributed by atoms with Crippen molar-refractivity contribution in [3.8, 4) is 0 Å². The maximum Gasteiger partial charge on any atom is 0.238 e. The number of pyridine rings is 1. The fourth-order valence-electron chi connectivity index (χ4n) is 3.45. The van der Waals surface area contributed by atoms with E-state index in [1.807, 2.05) is 0 Å². The first-order chi connectivity index (χ1) is 13.8. The van der Waals surface area contributed by atoms with Crippen molar-refractivity contribution >= 4 is 34.1 Å². The molecule has 0 saturated carbocycles. The molecule has 0 radical (unpaired) electrons. The molecule has 29 heavy (non-hydrogen) atoms. The monoisotopic (exact) mass is 421 g/mol. The number of benzene rings is 2. The lowest BCUT2D eigenvalue weighted by atomic mass is 10.0. The van der Waals surface area contributed by atoms with E-state index in [-0.39, 0.29) is 40.1 Å². The number of nitrogens with zero attached hydrogens (tertiary/aromatic N) is 1. The molecule has 0 fully saturated rings. The number of H-pyrrole nitrogens is 1. The van der Waals surface area contributed by atoms with Crippen LogP contribution in [0, 0.1) is 17.5 Å². The van der Waals surface area contributed by atoms with Crippen LogP contribution >= 0.6 is 11.6 Å². The summed E-state index contributed by atoms with van der Waals surface area (Å²) in [4.78, 5) is 29.8. The number of aromatic amines is 1. The molecule has 150 valence electrons. The van der Waals surface area contributed by atoms with Crippen molar-refractivity contribution in [2.75, 3.05) is 18.4 Å². The summed E-state index contributed by atoms with van der Waals surface area (Å²) in [5, 5.41) is 2.63. The van der Waals surface area contributed by atoms with Crippen molar-refractivity contribution in [3.05, 3.63) is 74.3 Å². The fourth-order valence-corrected chi connectivity index (χ4v) is 3.61. The maximum atomic E-state index is 14.2. The summed E-state index contributed by atoms with van der Waals surface area (Å²) in [5.74, 6) is -3.15. The number of halogens is 4. The Kier molecular flexibility index (Phi) is 5.06. The van der Waals surface area contributed by atoms with E-state index in [0.717, 1.165) is 12.1 Å². The molecule has 9 heteroatoms. The van der Waals surface area contributed by atoms with Gasteiger partial charge in [0.1, 0.15) is 0 Å². The van der Waals surface area contributed by atoms with Crippen molar-refractivity contribution in [1.82, 2.24) is 9.88 Å². The SMILES string of the molecule is O=C(CN1CCc2[nH]c3c(F)c(Cl)ccc3c(=O)c2C1)Nc1ccc(F)c(F)c1. The molecule has 0 aliphatic carbocycles. The van der Waals surface area contributed by atoms with Crippen LogP contribution in [0.3, 0.4) is 0 Å². The van der Waals surface area contributed by atoms with Gasteiger partial charge < -0.3 is 10.3 Å². The third kappa shape index (κ3) is 3.73. The predicted octanol–water partition coefficient (Wildman–Crippen LogP) is 3.60. The third-order valence-corrected chi connectivity index (χ3v) is 5.18. The minimum atomic E-state index is -1.06. The Morgan fingerprint density at radius 2 is 1.97 bits per heavy atom. The van der Waals surface area contributed by atoms with Crippen LogP contribution in [0.25, 0.3) is 10.9 Å². The second kappa shape index (κ2) is 7.53. The maximum absolute atomic E-state index is 14.2. The zero-order chi connectivity index (χ0) is 20.7. The van der Waals surface area contributed by atoms with E-state index in [1.54, 1.807) is 4.90 Å². The Labute approximate surface area is 168 Å². The van der Waals surface area contributed by atoms with Crippen LogP contribution < -0.4 is 10.7 Å². The Morgan fingerprint density at radius 3 is 2.72 bits per heavy atom. The quantitative estimate of drug-likeness (QED) is 0.679. The number of carbonyl (C=O) groups excluding carboxylic acids is 1. The molecule has 1 aromatic heterocycles. The molecule has 0 spiro atoms. The molecule has 4 rings (SSSR count). The van der Waals surface area contributed by atoms with Gasteiger partial charge in [-0.05, 0) is 24.3 Å². The molecule has 0 atom stereocenters. The minimum absolute atomic E-state index is 0.0368. The number of hydrogen-bond acceptors (Lipinski definition) is 3. The fraction of sp³-hybridized carbons (Fsp3) is 0.200. The van der Waals surface area contributed by atoms with Crippen LogP contribution in [-0.2, 0) is 17.8 Å². The number of amides is 1. The number of hydrogen-bond donors (Lipinski definition) is 2. The van der Waals surface area contributed by atoms with Gasteiger partial charge in [0.2, 0.25) is 5.91 Å². The number of anilines is 1. The standard InChI is InChI=1S/C20H15ClF3N3O2/c21-13-3-2-11-19(18(13)24)26-16-5-6-27(8-12(16)20(11)29)9-17(28)25-10-1-4-14(22)15(23)7-10/h1-4,7H,5-6,8-9H2,(H,25,28)(H,26,29). The van der Waals surface area contributed by atoms with Gasteiger partial charge in [-0.2, -0.15) is 0 Å². The van der Waals surface area contributed by atoms with Gasteiger partial charge in [0, 0.05) is 47.9 Å². The smallest absolute Gasteiger partial charge is 0.238 e. The number of carbonyl (C=O) groups is 1. The molecule has 0 saturated heterocycles. The highest BCUT2D eigenvalue weighted by Gasteiger charge is 2.23. The molecule has 0 bridgehead atoms. The molecule has 2 aromatic carbocycles. The summed E-state index contributed by atoms with van der Waals surface area (Å²) in [7, 11) is 0. The van der Waals surface area contributed by atoms with Gasteiger partial charge in [-0.15, -0.1) is 0 Å². The van der Waals surface area contributed by atoms with E-state index in [9.17, 15) is 22.8 Å². The molecule has 1 aliphatic rings. The zero-order valence-electron chi connectivity index (χ0n) is 15.0. The first-order valence-electron chi connectivity index (χ1n) is 8.82. The summed E-state index contributed by atoms with van der Waals surface area (Å²) in [6.07, 6.45) is 0.422. The van der Waals surface area contributed by atoms with Crippen LogP contribution in [0.1, 0.15) is 11.3 Å². The van der Waals surface area contributed by atoms with Crippen LogP contribution in [0.2, 0.25) is 5.02 Å². The topological polar surface area (TPSA) is 65.2 Å². The highest BCUT2D eigenvalue weighted by molar-refractivity contribution is 6.31. The minimum Gasteiger partial charge on any atom is -0.355 e. The van der Waals surface area contributed by atoms with E-state index in [0.29, 0.717) is 24.2 Å². The lowest BCUT2D eigenvalue weighted by Crippen LogP contribution is -2.39. The summed E-state index contributed by atoms with van der Waals surface area (Å²) in [5.41, 5.74) is 0.982. The first kappa shape index (κ1) is 19.5. The summed E-state index contributed by atoms with van der Waals surface area (Å²) in [6, 6.07) is 5.89. The van der Waals surface area contributed by atoms with Gasteiger partial charge in [0.15, 0.2) is 22.9 Å². The Bertz CT molecular complexity index is 1200. The zero-order valence-corrected chi connectivity index (χ0v) is 15.7. The second-order valence-electron chi connectivity index (χ2n) is 6.83. The van der Waals surface area contributed by atoms with Crippen LogP contribution in [0.4, 0.5) is 18.9 Å². The summed E-state index contributed by atoms with van der Waals surface area (Å²) < 4.78 is 40.5. The van der Waals surface area contributed by atoms with E-state index in [2.05, 4.69) is 10.3 Å². The van der Waals surface area contributed by atoms with Gasteiger partial charge in [0.25, 0.3) is 0 Å². The Hall–Kier alpha value is -2.84. The van der Waals surface area contributed by atoms with E-state index >= 15 is 0 Å². The summed E-state index contributed by atoms with van der Waals surface area (Å²) in [6.45, 7) is 0.628. The lowest BCUT2D eigenvalue weighted by Gasteiger charge is -2.28. The van der Waals surface area contributed by atoms with Crippen LogP contribution in [0.15, 0.2) is 35.1 Å². The molecule has 5 nitrogen and oxygen atoms in total. The molecule has 0 unspecified atom stereocenters. The highest BCUT2D eigenvalue weighted by Crippen LogP contribution is 2.24. The van der Waals surface area contributed by atoms with Crippen molar-refractivity contribution in [3.63, 3.8) is 0 Å². The number of rotatable bonds is 3. The van der Waals surface area contributed by atoms with Gasteiger partial charge in [-0.1, -0.05) is 11.6 Å². The number of aromatic nitrogens is 1. The summed E-state index contributed by atoms with van der Waals surface area (Å²) >= 11 is 5.79. The first-order valence-corrected chi connectivity index (χ1v) is 9.20. The van der Waals surface area contributed by atoms with E-state index < -0.39 is 23.4 Å².